The van der Waals surface area contributed by atoms with Crippen LogP contribution in [0, 0.1) is 6.92 Å². The van der Waals surface area contributed by atoms with Crippen molar-refractivity contribution in [3.63, 3.8) is 0 Å². The molecule has 0 saturated carbocycles. The SMILES string of the molecule is Cc1c(Br)cccc1C(=O)NC(C)(C)CO. The molecule has 0 aliphatic heterocycles. The molecule has 0 unspecified atom stereocenters. The summed E-state index contributed by atoms with van der Waals surface area (Å²) in [7, 11) is 0. The summed E-state index contributed by atoms with van der Waals surface area (Å²) < 4.78 is 0.905. The second-order valence-electron chi connectivity index (χ2n) is 4.41. The minimum Gasteiger partial charge on any atom is -0.394 e. The standard InChI is InChI=1S/C12H16BrNO2/c1-8-9(5-4-6-10(8)13)11(16)14-12(2,3)7-15/h4-6,15H,7H2,1-3H3,(H,14,16). The minimum absolute atomic E-state index is 0.0915. The van der Waals surface area contributed by atoms with Gasteiger partial charge in [0.25, 0.3) is 5.91 Å². The summed E-state index contributed by atoms with van der Waals surface area (Å²) in [4.78, 5) is 11.9. The highest BCUT2D eigenvalue weighted by molar-refractivity contribution is 9.10. The van der Waals surface area contributed by atoms with Crippen LogP contribution in [0.15, 0.2) is 22.7 Å². The number of rotatable bonds is 3. The highest BCUT2D eigenvalue weighted by Crippen LogP contribution is 2.19. The Kier molecular flexibility index (Phi) is 4.10. The van der Waals surface area contributed by atoms with Crippen molar-refractivity contribution in [2.24, 2.45) is 0 Å². The van der Waals surface area contributed by atoms with Crippen molar-refractivity contribution in [2.75, 3.05) is 6.61 Å². The van der Waals surface area contributed by atoms with Crippen LogP contribution in [0.1, 0.15) is 29.8 Å². The topological polar surface area (TPSA) is 49.3 Å². The number of benzene rings is 1. The highest BCUT2D eigenvalue weighted by atomic mass is 79.9. The van der Waals surface area contributed by atoms with Crippen molar-refractivity contribution in [1.82, 2.24) is 5.32 Å². The molecule has 0 atom stereocenters. The van der Waals surface area contributed by atoms with E-state index in [9.17, 15) is 4.79 Å². The molecule has 0 bridgehead atoms. The summed E-state index contributed by atoms with van der Waals surface area (Å²) >= 11 is 3.38. The van der Waals surface area contributed by atoms with E-state index < -0.39 is 5.54 Å². The zero-order chi connectivity index (χ0) is 12.3. The molecule has 16 heavy (non-hydrogen) atoms. The largest absolute Gasteiger partial charge is 0.394 e. The van der Waals surface area contributed by atoms with Gasteiger partial charge in [0, 0.05) is 10.0 Å². The molecule has 1 aromatic rings. The molecule has 0 spiro atoms. The molecular weight excluding hydrogens is 270 g/mol. The number of nitrogens with one attached hydrogen (secondary N) is 1. The molecule has 0 aliphatic carbocycles. The van der Waals surface area contributed by atoms with Gasteiger partial charge in [-0.1, -0.05) is 22.0 Å². The smallest absolute Gasteiger partial charge is 0.252 e. The zero-order valence-corrected chi connectivity index (χ0v) is 11.3. The Labute approximate surface area is 104 Å². The van der Waals surface area contributed by atoms with E-state index in [4.69, 9.17) is 5.11 Å². The van der Waals surface area contributed by atoms with Crippen molar-refractivity contribution in [2.45, 2.75) is 26.3 Å². The lowest BCUT2D eigenvalue weighted by molar-refractivity contribution is 0.0868. The highest BCUT2D eigenvalue weighted by Gasteiger charge is 2.21. The van der Waals surface area contributed by atoms with Crippen LogP contribution >= 0.6 is 15.9 Å². The van der Waals surface area contributed by atoms with Crippen LogP contribution in [-0.4, -0.2) is 23.2 Å². The first-order chi connectivity index (χ1) is 7.37. The second-order valence-corrected chi connectivity index (χ2v) is 5.26. The molecule has 0 fully saturated rings. The van der Waals surface area contributed by atoms with Gasteiger partial charge in [-0.25, -0.2) is 0 Å². The van der Waals surface area contributed by atoms with E-state index in [1.165, 1.54) is 0 Å². The molecule has 0 aromatic heterocycles. The summed E-state index contributed by atoms with van der Waals surface area (Å²) in [5.41, 5.74) is 0.913. The second kappa shape index (κ2) is 4.97. The van der Waals surface area contributed by atoms with Crippen molar-refractivity contribution in [3.8, 4) is 0 Å². The summed E-state index contributed by atoms with van der Waals surface area (Å²) in [6.07, 6.45) is 0. The van der Waals surface area contributed by atoms with Crippen LogP contribution in [0.3, 0.4) is 0 Å². The Morgan fingerprint density at radius 3 is 2.69 bits per heavy atom. The maximum atomic E-state index is 11.9. The molecule has 1 amide bonds. The predicted molar refractivity (Wildman–Crippen MR) is 67.5 cm³/mol. The van der Waals surface area contributed by atoms with E-state index in [-0.39, 0.29) is 12.5 Å². The molecule has 4 heteroatoms. The first kappa shape index (κ1) is 13.2. The van der Waals surface area contributed by atoms with Gasteiger partial charge >= 0.3 is 0 Å². The molecule has 1 aromatic carbocycles. The number of carbonyl (C=O) groups excluding carboxylic acids is 1. The number of carbonyl (C=O) groups is 1. The van der Waals surface area contributed by atoms with E-state index in [1.807, 2.05) is 19.1 Å². The van der Waals surface area contributed by atoms with Crippen molar-refractivity contribution in [3.05, 3.63) is 33.8 Å². The molecule has 3 nitrogen and oxygen atoms in total. The maximum Gasteiger partial charge on any atom is 0.252 e. The van der Waals surface area contributed by atoms with E-state index in [0.29, 0.717) is 5.56 Å². The van der Waals surface area contributed by atoms with Gasteiger partial charge < -0.3 is 10.4 Å². The molecule has 2 N–H and O–H groups in total. The summed E-state index contributed by atoms with van der Waals surface area (Å²) in [5.74, 6) is -0.169. The predicted octanol–water partition coefficient (Wildman–Crippen LogP) is 2.26. The summed E-state index contributed by atoms with van der Waals surface area (Å²) in [6, 6.07) is 5.48. The zero-order valence-electron chi connectivity index (χ0n) is 9.67. The van der Waals surface area contributed by atoms with Gasteiger partial charge in [-0.05, 0) is 38.5 Å². The molecule has 88 valence electrons. The van der Waals surface area contributed by atoms with E-state index >= 15 is 0 Å². The average molecular weight is 286 g/mol. The Balaban J connectivity index is 2.94. The fraction of sp³-hybridized carbons (Fsp3) is 0.417. The number of amides is 1. The van der Waals surface area contributed by atoms with E-state index in [2.05, 4.69) is 21.2 Å². The maximum absolute atomic E-state index is 11.9. The Bertz CT molecular complexity index is 402. The molecule has 0 saturated heterocycles. The monoisotopic (exact) mass is 285 g/mol. The normalized spacial score (nSPS) is 11.3. The molecule has 0 heterocycles. The van der Waals surface area contributed by atoms with Crippen LogP contribution < -0.4 is 5.32 Å². The first-order valence-corrected chi connectivity index (χ1v) is 5.85. The van der Waals surface area contributed by atoms with Crippen LogP contribution in [-0.2, 0) is 0 Å². The Morgan fingerprint density at radius 2 is 2.12 bits per heavy atom. The Hall–Kier alpha value is -0.870. The van der Waals surface area contributed by atoms with E-state index in [0.717, 1.165) is 10.0 Å². The third-order valence-corrected chi connectivity index (χ3v) is 3.22. The van der Waals surface area contributed by atoms with Gasteiger partial charge in [-0.2, -0.15) is 0 Å². The summed E-state index contributed by atoms with van der Waals surface area (Å²) in [5, 5.41) is 11.9. The van der Waals surface area contributed by atoms with Crippen LogP contribution in [0.25, 0.3) is 0 Å². The van der Waals surface area contributed by atoms with Crippen molar-refractivity contribution in [1.29, 1.82) is 0 Å². The fourth-order valence-electron chi connectivity index (χ4n) is 1.27. The lowest BCUT2D eigenvalue weighted by atomic mass is 10.0. The molecular formula is C12H16BrNO2. The lowest BCUT2D eigenvalue weighted by Crippen LogP contribution is -2.46. The number of hydrogen-bond acceptors (Lipinski definition) is 2. The van der Waals surface area contributed by atoms with Crippen LogP contribution in [0.4, 0.5) is 0 Å². The van der Waals surface area contributed by atoms with Crippen LogP contribution in [0.2, 0.25) is 0 Å². The van der Waals surface area contributed by atoms with Gasteiger partial charge in [0.15, 0.2) is 0 Å². The van der Waals surface area contributed by atoms with Crippen molar-refractivity contribution < 1.29 is 9.90 Å². The van der Waals surface area contributed by atoms with Gasteiger partial charge in [-0.3, -0.25) is 4.79 Å². The number of hydrogen-bond donors (Lipinski definition) is 2. The third-order valence-electron chi connectivity index (χ3n) is 2.36. The molecule has 0 radical (unpaired) electrons. The number of aliphatic hydroxyl groups excluding tert-OH is 1. The third kappa shape index (κ3) is 3.06. The van der Waals surface area contributed by atoms with Gasteiger partial charge in [0.2, 0.25) is 0 Å². The van der Waals surface area contributed by atoms with Crippen LogP contribution in [0.5, 0.6) is 0 Å². The minimum atomic E-state index is -0.605. The fourth-order valence-corrected chi connectivity index (χ4v) is 1.63. The Morgan fingerprint density at radius 1 is 1.50 bits per heavy atom. The average Bonchev–Trinajstić information content (AvgIpc) is 2.21. The first-order valence-electron chi connectivity index (χ1n) is 5.06. The van der Waals surface area contributed by atoms with E-state index in [1.54, 1.807) is 19.9 Å². The molecule has 0 aliphatic rings. The number of halogens is 1. The molecule has 1 rings (SSSR count). The number of aliphatic hydroxyl groups is 1. The van der Waals surface area contributed by atoms with Gasteiger partial charge in [0.05, 0.1) is 12.1 Å². The lowest BCUT2D eigenvalue weighted by Gasteiger charge is -2.24. The van der Waals surface area contributed by atoms with Gasteiger partial charge in [0.1, 0.15) is 0 Å². The summed E-state index contributed by atoms with van der Waals surface area (Å²) in [6.45, 7) is 5.34. The quantitative estimate of drug-likeness (QED) is 0.895. The van der Waals surface area contributed by atoms with Gasteiger partial charge in [-0.15, -0.1) is 0 Å². The van der Waals surface area contributed by atoms with Crippen molar-refractivity contribution >= 4 is 21.8 Å².